The maximum Gasteiger partial charge on any atom is 0.338 e. The molecule has 2 saturated heterocycles. The SMILES string of the molecule is O=C(OCC(=O)N1CCNC1=O)c1ccc(N2CCCCC2)c([N+](=O)[O-])c1. The molecule has 1 aromatic carbocycles. The lowest BCUT2D eigenvalue weighted by molar-refractivity contribution is -0.384. The Morgan fingerprint density at radius 3 is 2.56 bits per heavy atom. The largest absolute Gasteiger partial charge is 0.452 e. The van der Waals surface area contributed by atoms with Crippen molar-refractivity contribution in [1.82, 2.24) is 10.2 Å². The van der Waals surface area contributed by atoms with Crippen LogP contribution >= 0.6 is 0 Å². The van der Waals surface area contributed by atoms with Crippen molar-refractivity contribution in [2.24, 2.45) is 0 Å². The fraction of sp³-hybridized carbons (Fsp3) is 0.471. The van der Waals surface area contributed by atoms with E-state index in [0.29, 0.717) is 12.2 Å². The summed E-state index contributed by atoms with van der Waals surface area (Å²) in [4.78, 5) is 49.3. The summed E-state index contributed by atoms with van der Waals surface area (Å²) in [5.74, 6) is -1.49. The molecule has 2 aliphatic rings. The fourth-order valence-electron chi connectivity index (χ4n) is 3.20. The first-order valence-corrected chi connectivity index (χ1v) is 8.76. The molecule has 10 heteroatoms. The number of amides is 3. The van der Waals surface area contributed by atoms with Crippen molar-refractivity contribution >= 4 is 29.3 Å². The molecule has 3 amide bonds. The van der Waals surface area contributed by atoms with E-state index in [2.05, 4.69) is 5.32 Å². The molecule has 2 fully saturated rings. The van der Waals surface area contributed by atoms with E-state index in [9.17, 15) is 24.5 Å². The number of benzene rings is 1. The highest BCUT2D eigenvalue weighted by atomic mass is 16.6. The van der Waals surface area contributed by atoms with Crippen LogP contribution in [0.3, 0.4) is 0 Å². The highest BCUT2D eigenvalue weighted by Gasteiger charge is 2.28. The second-order valence-electron chi connectivity index (χ2n) is 6.36. The van der Waals surface area contributed by atoms with E-state index in [0.717, 1.165) is 37.3 Å². The van der Waals surface area contributed by atoms with Crippen LogP contribution in [0.1, 0.15) is 29.6 Å². The Morgan fingerprint density at radius 1 is 1.19 bits per heavy atom. The number of carbonyl (C=O) groups excluding carboxylic acids is 3. The summed E-state index contributed by atoms with van der Waals surface area (Å²) >= 11 is 0. The number of nitro benzene ring substituents is 1. The van der Waals surface area contributed by atoms with Gasteiger partial charge in [-0.05, 0) is 31.4 Å². The molecule has 10 nitrogen and oxygen atoms in total. The molecule has 27 heavy (non-hydrogen) atoms. The second kappa shape index (κ2) is 8.02. The molecule has 0 spiro atoms. The predicted molar refractivity (Wildman–Crippen MR) is 94.6 cm³/mol. The average molecular weight is 376 g/mol. The molecule has 144 valence electrons. The van der Waals surface area contributed by atoms with Gasteiger partial charge in [0.2, 0.25) is 0 Å². The monoisotopic (exact) mass is 376 g/mol. The van der Waals surface area contributed by atoms with Crippen molar-refractivity contribution in [2.75, 3.05) is 37.7 Å². The third-order valence-electron chi connectivity index (χ3n) is 4.59. The molecule has 0 bridgehead atoms. The molecule has 3 rings (SSSR count). The minimum atomic E-state index is -0.851. The summed E-state index contributed by atoms with van der Waals surface area (Å²) in [5, 5.41) is 13.9. The van der Waals surface area contributed by atoms with E-state index in [1.54, 1.807) is 0 Å². The average Bonchev–Trinajstić information content (AvgIpc) is 3.12. The number of rotatable bonds is 5. The van der Waals surface area contributed by atoms with Gasteiger partial charge in [0.05, 0.1) is 10.5 Å². The quantitative estimate of drug-likeness (QED) is 0.467. The van der Waals surface area contributed by atoms with E-state index in [4.69, 9.17) is 4.74 Å². The van der Waals surface area contributed by atoms with Crippen LogP contribution in [-0.4, -0.2) is 60.5 Å². The minimum Gasteiger partial charge on any atom is -0.452 e. The predicted octanol–water partition coefficient (Wildman–Crippen LogP) is 1.29. The number of nitro groups is 1. The Labute approximate surface area is 155 Å². The smallest absolute Gasteiger partial charge is 0.338 e. The van der Waals surface area contributed by atoms with Gasteiger partial charge in [-0.25, -0.2) is 9.59 Å². The zero-order chi connectivity index (χ0) is 19.4. The number of ether oxygens (including phenoxy) is 1. The summed E-state index contributed by atoms with van der Waals surface area (Å²) in [6.45, 7) is 1.43. The number of imide groups is 1. The Bertz CT molecular complexity index is 775. The van der Waals surface area contributed by atoms with Crippen LogP contribution in [0.15, 0.2) is 18.2 Å². The van der Waals surface area contributed by atoms with Crippen LogP contribution in [0.2, 0.25) is 0 Å². The van der Waals surface area contributed by atoms with Gasteiger partial charge in [0.25, 0.3) is 11.6 Å². The van der Waals surface area contributed by atoms with Gasteiger partial charge in [-0.3, -0.25) is 19.8 Å². The molecule has 2 aliphatic heterocycles. The molecule has 0 radical (unpaired) electrons. The third kappa shape index (κ3) is 4.15. The summed E-state index contributed by atoms with van der Waals surface area (Å²) in [6.07, 6.45) is 3.03. The summed E-state index contributed by atoms with van der Waals surface area (Å²) in [7, 11) is 0. The first kappa shape index (κ1) is 18.6. The molecule has 0 aliphatic carbocycles. The van der Waals surface area contributed by atoms with Gasteiger partial charge in [-0.2, -0.15) is 0 Å². The standard InChI is InChI=1S/C17H20N4O6/c22-15(20-9-6-18-17(20)24)11-27-16(23)12-4-5-13(14(10-12)21(25)26)19-7-2-1-3-8-19/h4-5,10H,1-3,6-9,11H2,(H,18,24). The van der Waals surface area contributed by atoms with Crippen molar-refractivity contribution in [3.63, 3.8) is 0 Å². The summed E-state index contributed by atoms with van der Waals surface area (Å²) in [5.41, 5.74) is 0.291. The Hall–Kier alpha value is -3.17. The van der Waals surface area contributed by atoms with E-state index in [1.165, 1.54) is 18.2 Å². The number of esters is 1. The Morgan fingerprint density at radius 2 is 1.93 bits per heavy atom. The van der Waals surface area contributed by atoms with Crippen molar-refractivity contribution in [3.05, 3.63) is 33.9 Å². The number of piperidine rings is 1. The van der Waals surface area contributed by atoms with Gasteiger partial charge in [0, 0.05) is 32.2 Å². The van der Waals surface area contributed by atoms with E-state index >= 15 is 0 Å². The lowest BCUT2D eigenvalue weighted by atomic mass is 10.1. The summed E-state index contributed by atoms with van der Waals surface area (Å²) < 4.78 is 4.92. The molecule has 0 atom stereocenters. The van der Waals surface area contributed by atoms with Gasteiger partial charge in [-0.1, -0.05) is 0 Å². The zero-order valence-electron chi connectivity index (χ0n) is 14.7. The minimum absolute atomic E-state index is 0.0128. The number of hydrogen-bond acceptors (Lipinski definition) is 7. The third-order valence-corrected chi connectivity index (χ3v) is 4.59. The van der Waals surface area contributed by atoms with Gasteiger partial charge < -0.3 is 15.0 Å². The second-order valence-corrected chi connectivity index (χ2v) is 6.36. The number of hydrogen-bond donors (Lipinski definition) is 1. The lowest BCUT2D eigenvalue weighted by Gasteiger charge is -2.28. The number of nitrogens with one attached hydrogen (secondary N) is 1. The molecule has 0 aromatic heterocycles. The van der Waals surface area contributed by atoms with Crippen molar-refractivity contribution in [3.8, 4) is 0 Å². The topological polar surface area (TPSA) is 122 Å². The van der Waals surface area contributed by atoms with Crippen LogP contribution < -0.4 is 10.2 Å². The maximum absolute atomic E-state index is 12.2. The molecular weight excluding hydrogens is 356 g/mol. The molecular formula is C17H20N4O6. The van der Waals surface area contributed by atoms with Gasteiger partial charge in [0.1, 0.15) is 5.69 Å². The van der Waals surface area contributed by atoms with Crippen molar-refractivity contribution in [1.29, 1.82) is 0 Å². The Kier molecular flexibility index (Phi) is 5.53. The highest BCUT2D eigenvalue weighted by molar-refractivity contribution is 5.98. The molecule has 1 N–H and O–H groups in total. The molecule has 0 unspecified atom stereocenters. The number of anilines is 1. The van der Waals surface area contributed by atoms with Crippen LogP contribution in [0.25, 0.3) is 0 Å². The zero-order valence-corrected chi connectivity index (χ0v) is 14.7. The van der Waals surface area contributed by atoms with E-state index in [1.807, 2.05) is 4.90 Å². The van der Waals surface area contributed by atoms with E-state index < -0.39 is 29.4 Å². The first-order valence-electron chi connectivity index (χ1n) is 8.76. The number of nitrogens with zero attached hydrogens (tertiary/aromatic N) is 3. The van der Waals surface area contributed by atoms with E-state index in [-0.39, 0.29) is 17.8 Å². The van der Waals surface area contributed by atoms with Gasteiger partial charge in [0.15, 0.2) is 6.61 Å². The van der Waals surface area contributed by atoms with Crippen molar-refractivity contribution in [2.45, 2.75) is 19.3 Å². The highest BCUT2D eigenvalue weighted by Crippen LogP contribution is 2.31. The van der Waals surface area contributed by atoms with Crippen LogP contribution in [-0.2, 0) is 9.53 Å². The number of urea groups is 1. The number of carbonyl (C=O) groups is 3. The maximum atomic E-state index is 12.2. The lowest BCUT2D eigenvalue weighted by Crippen LogP contribution is -2.37. The molecule has 1 aromatic rings. The molecule has 0 saturated carbocycles. The Balaban J connectivity index is 1.69. The molecule has 2 heterocycles. The van der Waals surface area contributed by atoms with Crippen LogP contribution in [0, 0.1) is 10.1 Å². The fourth-order valence-corrected chi connectivity index (χ4v) is 3.20. The first-order chi connectivity index (χ1) is 13.0. The van der Waals surface area contributed by atoms with Crippen LogP contribution in [0.5, 0.6) is 0 Å². The van der Waals surface area contributed by atoms with Gasteiger partial charge in [-0.15, -0.1) is 0 Å². The van der Waals surface area contributed by atoms with Crippen LogP contribution in [0.4, 0.5) is 16.2 Å². The van der Waals surface area contributed by atoms with Gasteiger partial charge >= 0.3 is 12.0 Å². The normalized spacial score (nSPS) is 16.8. The summed E-state index contributed by atoms with van der Waals surface area (Å²) in [6, 6.07) is 3.62. The van der Waals surface area contributed by atoms with Crippen molar-refractivity contribution < 1.29 is 24.0 Å².